The lowest BCUT2D eigenvalue weighted by Crippen LogP contribution is -2.53. The molecule has 0 spiro atoms. The molecule has 6 heteroatoms. The molecule has 2 heterocycles. The Labute approximate surface area is 147 Å². The average molecular weight is 350 g/mol. The van der Waals surface area contributed by atoms with E-state index in [1.807, 2.05) is 29.2 Å². The minimum Gasteiger partial charge on any atom is -0.342 e. The van der Waals surface area contributed by atoms with Crippen molar-refractivity contribution in [2.24, 2.45) is 5.92 Å². The van der Waals surface area contributed by atoms with E-state index in [1.165, 1.54) is 0 Å². The normalized spacial score (nSPS) is 24.8. The van der Waals surface area contributed by atoms with Gasteiger partial charge in [0.05, 0.1) is 12.0 Å². The highest BCUT2D eigenvalue weighted by Gasteiger charge is 2.35. The van der Waals surface area contributed by atoms with Crippen molar-refractivity contribution in [3.05, 3.63) is 34.9 Å². The highest BCUT2D eigenvalue weighted by atomic mass is 35.5. The summed E-state index contributed by atoms with van der Waals surface area (Å²) in [5.41, 5.74) is 0.985. The second kappa shape index (κ2) is 7.53. The predicted octanol–water partition coefficient (Wildman–Crippen LogP) is 2.07. The highest BCUT2D eigenvalue weighted by molar-refractivity contribution is 6.31. The van der Waals surface area contributed by atoms with Gasteiger partial charge in [-0.25, -0.2) is 0 Å². The fourth-order valence-electron chi connectivity index (χ4n) is 3.69. The first kappa shape index (κ1) is 17.2. The number of benzene rings is 1. The monoisotopic (exact) mass is 349 g/mol. The predicted molar refractivity (Wildman–Crippen MR) is 93.8 cm³/mol. The summed E-state index contributed by atoms with van der Waals surface area (Å²) >= 11 is 6.36. The second-order valence-corrected chi connectivity index (χ2v) is 6.98. The summed E-state index contributed by atoms with van der Waals surface area (Å²) in [6, 6.07) is 7.67. The number of hydrogen-bond acceptors (Lipinski definition) is 3. The topological polar surface area (TPSA) is 52.7 Å². The molecule has 1 aromatic carbocycles. The number of piperidine rings is 1. The van der Waals surface area contributed by atoms with Crippen LogP contribution in [-0.4, -0.2) is 54.3 Å². The van der Waals surface area contributed by atoms with Crippen LogP contribution in [0.4, 0.5) is 0 Å². The van der Waals surface area contributed by atoms with Crippen molar-refractivity contribution in [2.75, 3.05) is 32.7 Å². The van der Waals surface area contributed by atoms with Crippen LogP contribution in [0.1, 0.15) is 31.4 Å². The van der Waals surface area contributed by atoms with Crippen molar-refractivity contribution in [3.8, 4) is 0 Å². The van der Waals surface area contributed by atoms with E-state index in [2.05, 4.69) is 5.32 Å². The average Bonchev–Trinajstić information content (AvgIpc) is 2.61. The highest BCUT2D eigenvalue weighted by Crippen LogP contribution is 2.31. The molecule has 0 bridgehead atoms. The zero-order chi connectivity index (χ0) is 17.1. The summed E-state index contributed by atoms with van der Waals surface area (Å²) in [6.07, 6.45) is 1.74. The fourth-order valence-corrected chi connectivity index (χ4v) is 3.95. The molecular weight excluding hydrogens is 326 g/mol. The van der Waals surface area contributed by atoms with E-state index in [0.717, 1.165) is 31.5 Å². The molecule has 0 aromatic heterocycles. The molecule has 0 aliphatic carbocycles. The number of nitrogens with zero attached hydrogens (tertiary/aromatic N) is 2. The molecule has 2 aliphatic rings. The smallest absolute Gasteiger partial charge is 0.228 e. The first-order valence-electron chi connectivity index (χ1n) is 8.59. The summed E-state index contributed by atoms with van der Waals surface area (Å²) in [6.45, 7) is 5.03. The van der Waals surface area contributed by atoms with Gasteiger partial charge >= 0.3 is 0 Å². The fraction of sp³-hybridized carbons (Fsp3) is 0.556. The van der Waals surface area contributed by atoms with Gasteiger partial charge < -0.3 is 15.1 Å². The Morgan fingerprint density at radius 2 is 2.04 bits per heavy atom. The summed E-state index contributed by atoms with van der Waals surface area (Å²) in [4.78, 5) is 28.5. The molecule has 1 N–H and O–H groups in total. The molecule has 2 unspecified atom stereocenters. The van der Waals surface area contributed by atoms with Crippen LogP contribution in [0.5, 0.6) is 0 Å². The number of piperazine rings is 1. The summed E-state index contributed by atoms with van der Waals surface area (Å²) in [5.74, 6) is 0.0913. The Hall–Kier alpha value is -1.59. The first-order chi connectivity index (χ1) is 11.6. The molecule has 2 fully saturated rings. The molecule has 130 valence electrons. The Balaban J connectivity index is 1.79. The standard InChI is InChI=1S/C18H24ClN3O2/c1-13(23)21-9-4-5-14(12-21)18(24)22-10-8-20-11-17(22)15-6-2-3-7-16(15)19/h2-3,6-7,14,17,20H,4-5,8-12H2,1H3. The molecule has 2 saturated heterocycles. The number of likely N-dealkylation sites (tertiary alicyclic amines) is 1. The van der Waals surface area contributed by atoms with Gasteiger partial charge in [0.25, 0.3) is 0 Å². The van der Waals surface area contributed by atoms with Gasteiger partial charge in [0.2, 0.25) is 11.8 Å². The number of amides is 2. The van der Waals surface area contributed by atoms with Gasteiger partial charge in [-0.2, -0.15) is 0 Å². The second-order valence-electron chi connectivity index (χ2n) is 6.58. The van der Waals surface area contributed by atoms with Gasteiger partial charge in [-0.15, -0.1) is 0 Å². The molecule has 5 nitrogen and oxygen atoms in total. The third kappa shape index (κ3) is 3.57. The number of rotatable bonds is 2. The van der Waals surface area contributed by atoms with Gasteiger partial charge in [-0.3, -0.25) is 9.59 Å². The number of halogens is 1. The molecule has 2 aliphatic heterocycles. The summed E-state index contributed by atoms with van der Waals surface area (Å²) in [5, 5.41) is 4.05. The summed E-state index contributed by atoms with van der Waals surface area (Å²) < 4.78 is 0. The molecule has 2 amide bonds. The molecule has 2 atom stereocenters. The van der Waals surface area contributed by atoms with Crippen LogP contribution in [0.25, 0.3) is 0 Å². The minimum absolute atomic E-state index is 0.0485. The maximum Gasteiger partial charge on any atom is 0.228 e. The molecular formula is C18H24ClN3O2. The zero-order valence-electron chi connectivity index (χ0n) is 14.0. The largest absolute Gasteiger partial charge is 0.342 e. The minimum atomic E-state index is -0.106. The van der Waals surface area contributed by atoms with Crippen LogP contribution >= 0.6 is 11.6 Å². The quantitative estimate of drug-likeness (QED) is 0.889. The van der Waals surface area contributed by atoms with E-state index in [1.54, 1.807) is 11.8 Å². The van der Waals surface area contributed by atoms with Gasteiger partial charge in [0, 0.05) is 44.7 Å². The van der Waals surface area contributed by atoms with Crippen LogP contribution in [0.15, 0.2) is 24.3 Å². The number of carbonyl (C=O) groups is 2. The Bertz CT molecular complexity index is 622. The molecule has 1 aromatic rings. The lowest BCUT2D eigenvalue weighted by molar-refractivity contribution is -0.143. The van der Waals surface area contributed by atoms with Crippen molar-refractivity contribution in [1.82, 2.24) is 15.1 Å². The van der Waals surface area contributed by atoms with Crippen LogP contribution in [-0.2, 0) is 9.59 Å². The molecule has 0 radical (unpaired) electrons. The van der Waals surface area contributed by atoms with E-state index in [-0.39, 0.29) is 23.8 Å². The van der Waals surface area contributed by atoms with E-state index < -0.39 is 0 Å². The lowest BCUT2D eigenvalue weighted by atomic mass is 9.94. The Kier molecular flexibility index (Phi) is 5.41. The summed E-state index contributed by atoms with van der Waals surface area (Å²) in [7, 11) is 0. The molecule has 24 heavy (non-hydrogen) atoms. The van der Waals surface area contributed by atoms with Crippen LogP contribution in [0.3, 0.4) is 0 Å². The maximum absolute atomic E-state index is 13.1. The first-order valence-corrected chi connectivity index (χ1v) is 8.97. The van der Waals surface area contributed by atoms with Crippen LogP contribution in [0.2, 0.25) is 5.02 Å². The SMILES string of the molecule is CC(=O)N1CCCC(C(=O)N2CCNCC2c2ccccc2Cl)C1. The third-order valence-electron chi connectivity index (χ3n) is 5.01. The number of carbonyl (C=O) groups excluding carboxylic acids is 2. The van der Waals surface area contributed by atoms with Gasteiger partial charge in [-0.1, -0.05) is 29.8 Å². The van der Waals surface area contributed by atoms with E-state index in [4.69, 9.17) is 11.6 Å². The van der Waals surface area contributed by atoms with Crippen LogP contribution in [0, 0.1) is 5.92 Å². The number of nitrogens with one attached hydrogen (secondary N) is 1. The lowest BCUT2D eigenvalue weighted by Gasteiger charge is -2.41. The third-order valence-corrected chi connectivity index (χ3v) is 5.35. The van der Waals surface area contributed by atoms with Crippen molar-refractivity contribution in [2.45, 2.75) is 25.8 Å². The van der Waals surface area contributed by atoms with Gasteiger partial charge in [0.1, 0.15) is 0 Å². The van der Waals surface area contributed by atoms with E-state index in [0.29, 0.717) is 24.7 Å². The maximum atomic E-state index is 13.1. The van der Waals surface area contributed by atoms with Crippen molar-refractivity contribution >= 4 is 23.4 Å². The van der Waals surface area contributed by atoms with Crippen molar-refractivity contribution in [3.63, 3.8) is 0 Å². The van der Waals surface area contributed by atoms with Crippen molar-refractivity contribution in [1.29, 1.82) is 0 Å². The van der Waals surface area contributed by atoms with E-state index >= 15 is 0 Å². The zero-order valence-corrected chi connectivity index (χ0v) is 14.8. The van der Waals surface area contributed by atoms with Crippen LogP contribution < -0.4 is 5.32 Å². The van der Waals surface area contributed by atoms with Gasteiger partial charge in [0.15, 0.2) is 0 Å². The van der Waals surface area contributed by atoms with Crippen molar-refractivity contribution < 1.29 is 9.59 Å². The molecule has 3 rings (SSSR count). The Morgan fingerprint density at radius 1 is 1.25 bits per heavy atom. The van der Waals surface area contributed by atoms with E-state index in [9.17, 15) is 9.59 Å². The number of hydrogen-bond donors (Lipinski definition) is 1. The molecule has 0 saturated carbocycles. The Morgan fingerprint density at radius 3 is 2.79 bits per heavy atom. The van der Waals surface area contributed by atoms with Gasteiger partial charge in [-0.05, 0) is 24.5 Å².